The number of carbonyl (C=O) groups is 1. The van der Waals surface area contributed by atoms with Crippen LogP contribution in [-0.4, -0.2) is 14.0 Å². The molecular formula is C15H12Cl2NO3S+. The van der Waals surface area contributed by atoms with Crippen LogP contribution in [0.25, 0.3) is 21.8 Å². The Bertz CT molecular complexity index is 822. The first-order chi connectivity index (χ1) is 10.4. The number of hydrogen-bond acceptors (Lipinski definition) is 2. The molecule has 0 fully saturated rings. The van der Waals surface area contributed by atoms with Gasteiger partial charge in [-0.1, -0.05) is 24.3 Å². The van der Waals surface area contributed by atoms with Gasteiger partial charge in [-0.25, -0.2) is 4.21 Å². The van der Waals surface area contributed by atoms with Gasteiger partial charge < -0.3 is 0 Å². The van der Waals surface area contributed by atoms with E-state index >= 15 is 0 Å². The van der Waals surface area contributed by atoms with Gasteiger partial charge in [-0.15, -0.1) is 0 Å². The summed E-state index contributed by atoms with van der Waals surface area (Å²) in [6.07, 6.45) is 0. The van der Waals surface area contributed by atoms with Crippen molar-refractivity contribution in [2.75, 3.05) is 0 Å². The Labute approximate surface area is 139 Å². The summed E-state index contributed by atoms with van der Waals surface area (Å²) in [5.74, 6) is 0. The number of carbonyl (C=O) groups excluding carboxylic acids is 1. The molecule has 1 atom stereocenters. The molecule has 0 aliphatic rings. The Morgan fingerprint density at radius 3 is 1.77 bits per heavy atom. The second kappa shape index (κ2) is 7.15. The third-order valence-electron chi connectivity index (χ3n) is 3.27. The Morgan fingerprint density at radius 1 is 1.05 bits per heavy atom. The molecule has 3 aromatic rings. The highest BCUT2D eigenvalue weighted by Gasteiger charge is 2.20. The Hall–Kier alpha value is -1.53. The van der Waals surface area contributed by atoms with Crippen molar-refractivity contribution in [3.8, 4) is 0 Å². The molecular weight excluding hydrogens is 345 g/mol. The number of aryl methyl sites for hydroxylation is 1. The predicted octanol–water partition coefficient (Wildman–Crippen LogP) is 3.56. The molecule has 4 nitrogen and oxygen atoms in total. The summed E-state index contributed by atoms with van der Waals surface area (Å²) in [5, 5.41) is 1.36. The van der Waals surface area contributed by atoms with E-state index in [2.05, 4.69) is 15.2 Å². The summed E-state index contributed by atoms with van der Waals surface area (Å²) in [4.78, 5) is 11.7. The van der Waals surface area contributed by atoms with Crippen LogP contribution in [0.15, 0.2) is 48.5 Å². The molecule has 1 unspecified atom stereocenters. The van der Waals surface area contributed by atoms with Crippen molar-refractivity contribution in [2.24, 2.45) is 7.05 Å². The molecule has 0 saturated heterocycles. The van der Waals surface area contributed by atoms with Crippen molar-refractivity contribution in [1.82, 2.24) is 0 Å². The summed E-state index contributed by atoms with van der Waals surface area (Å²) in [6, 6.07) is 15.6. The predicted molar refractivity (Wildman–Crippen MR) is 89.4 cm³/mol. The van der Waals surface area contributed by atoms with Gasteiger partial charge in [0.2, 0.25) is 11.0 Å². The summed E-state index contributed by atoms with van der Waals surface area (Å²) in [6.45, 7) is 0. The SMILES string of the molecule is C[n+]1c2ccccc2c(C(=O)Cl)c2ccccc21.O=S(O)Cl. The number of aromatic nitrogens is 1. The number of pyridine rings is 1. The minimum atomic E-state index is -2.14. The van der Waals surface area contributed by atoms with E-state index in [0.29, 0.717) is 5.56 Å². The van der Waals surface area contributed by atoms with Crippen LogP contribution < -0.4 is 4.57 Å². The number of fused-ring (bicyclic) bond motifs is 2. The van der Waals surface area contributed by atoms with Gasteiger partial charge in [-0.2, -0.15) is 4.57 Å². The molecule has 0 aliphatic carbocycles. The molecule has 1 N–H and O–H groups in total. The average Bonchev–Trinajstić information content (AvgIpc) is 2.47. The molecule has 0 amide bonds. The van der Waals surface area contributed by atoms with Crippen LogP contribution in [0.3, 0.4) is 0 Å². The molecule has 0 saturated carbocycles. The highest BCUT2D eigenvalue weighted by atomic mass is 35.7. The Kier molecular flexibility index (Phi) is 5.47. The number of rotatable bonds is 1. The van der Waals surface area contributed by atoms with Crippen molar-refractivity contribution in [3.05, 3.63) is 54.1 Å². The maximum Gasteiger partial charge on any atom is 0.254 e. The molecule has 0 bridgehead atoms. The van der Waals surface area contributed by atoms with E-state index in [1.165, 1.54) is 0 Å². The second-order valence-corrected chi connectivity index (χ2v) is 6.00. The lowest BCUT2D eigenvalue weighted by Gasteiger charge is -2.06. The molecule has 22 heavy (non-hydrogen) atoms. The number of nitrogens with zero attached hydrogens (tertiary/aromatic N) is 1. The number of para-hydroxylation sites is 2. The van der Waals surface area contributed by atoms with E-state index < -0.39 is 15.5 Å². The van der Waals surface area contributed by atoms with Crippen molar-refractivity contribution >= 4 is 59.6 Å². The van der Waals surface area contributed by atoms with Gasteiger partial charge in [0.25, 0.3) is 15.5 Å². The topological polar surface area (TPSA) is 58.2 Å². The molecule has 1 heterocycles. The van der Waals surface area contributed by atoms with E-state index in [9.17, 15) is 4.79 Å². The van der Waals surface area contributed by atoms with Crippen LogP contribution in [-0.2, 0) is 17.3 Å². The molecule has 7 heteroatoms. The normalized spacial score (nSPS) is 11.8. The standard InChI is InChI=1S/C15H11ClNO.ClHO2S/c1-17-12-8-4-2-6-10(12)14(15(16)18)11-7-3-5-9-13(11)17;1-4(2)3/h2-9H,1H3;(H,2,3)/q+1;. The van der Waals surface area contributed by atoms with E-state index in [4.69, 9.17) is 20.4 Å². The Balaban J connectivity index is 0.000000396. The molecule has 1 aromatic heterocycles. The van der Waals surface area contributed by atoms with Crippen LogP contribution >= 0.6 is 22.3 Å². The third-order valence-corrected chi connectivity index (χ3v) is 3.46. The maximum atomic E-state index is 11.7. The van der Waals surface area contributed by atoms with E-state index in [-0.39, 0.29) is 0 Å². The number of hydrogen-bond donors (Lipinski definition) is 1. The zero-order valence-electron chi connectivity index (χ0n) is 11.5. The zero-order valence-corrected chi connectivity index (χ0v) is 13.8. The van der Waals surface area contributed by atoms with Gasteiger partial charge in [0.15, 0.2) is 0 Å². The molecule has 2 aromatic carbocycles. The van der Waals surface area contributed by atoms with Crippen molar-refractivity contribution in [1.29, 1.82) is 0 Å². The van der Waals surface area contributed by atoms with Crippen LogP contribution in [0.4, 0.5) is 0 Å². The summed E-state index contributed by atoms with van der Waals surface area (Å²) in [7, 11) is 4.16. The quantitative estimate of drug-likeness (QED) is 0.314. The summed E-state index contributed by atoms with van der Waals surface area (Å²) < 4.78 is 18.2. The highest BCUT2D eigenvalue weighted by molar-refractivity contribution is 8.03. The lowest BCUT2D eigenvalue weighted by molar-refractivity contribution is -0.617. The van der Waals surface area contributed by atoms with Gasteiger partial charge in [0.1, 0.15) is 7.05 Å². The number of benzene rings is 2. The fourth-order valence-electron chi connectivity index (χ4n) is 2.44. The van der Waals surface area contributed by atoms with Crippen molar-refractivity contribution in [2.45, 2.75) is 0 Å². The van der Waals surface area contributed by atoms with E-state index in [0.717, 1.165) is 21.8 Å². The van der Waals surface area contributed by atoms with E-state index in [1.54, 1.807) is 0 Å². The fraction of sp³-hybridized carbons (Fsp3) is 0.0667. The fourth-order valence-corrected chi connectivity index (χ4v) is 2.65. The van der Waals surface area contributed by atoms with Gasteiger partial charge in [0, 0.05) is 22.8 Å². The minimum absolute atomic E-state index is 0.414. The van der Waals surface area contributed by atoms with E-state index in [1.807, 2.05) is 55.6 Å². The molecule has 3 rings (SSSR count). The largest absolute Gasteiger partial charge is 0.294 e. The second-order valence-electron chi connectivity index (χ2n) is 4.45. The van der Waals surface area contributed by atoms with Crippen molar-refractivity contribution < 1.29 is 18.1 Å². The first-order valence-electron chi connectivity index (χ1n) is 6.20. The van der Waals surface area contributed by atoms with Crippen LogP contribution in [0.5, 0.6) is 0 Å². The lowest BCUT2D eigenvalue weighted by Crippen LogP contribution is -2.30. The monoisotopic (exact) mass is 356 g/mol. The number of halogens is 2. The molecule has 0 spiro atoms. The molecule has 0 radical (unpaired) electrons. The molecule has 0 aliphatic heterocycles. The van der Waals surface area contributed by atoms with Crippen LogP contribution in [0, 0.1) is 0 Å². The Morgan fingerprint density at radius 2 is 1.41 bits per heavy atom. The summed E-state index contributed by atoms with van der Waals surface area (Å²) >= 11 is 5.77. The van der Waals surface area contributed by atoms with Gasteiger partial charge in [0.05, 0.1) is 16.3 Å². The smallest absolute Gasteiger partial charge is 0.254 e. The first-order valence-corrected chi connectivity index (χ1v) is 8.51. The van der Waals surface area contributed by atoms with Gasteiger partial charge >= 0.3 is 0 Å². The van der Waals surface area contributed by atoms with Gasteiger partial charge in [-0.05, 0) is 23.7 Å². The third kappa shape index (κ3) is 3.44. The first kappa shape index (κ1) is 16.8. The zero-order chi connectivity index (χ0) is 16.3. The average molecular weight is 357 g/mol. The van der Waals surface area contributed by atoms with Crippen LogP contribution in [0.1, 0.15) is 10.4 Å². The highest BCUT2D eigenvalue weighted by Crippen LogP contribution is 2.25. The lowest BCUT2D eigenvalue weighted by atomic mass is 10.0. The molecule has 114 valence electrons. The maximum absolute atomic E-state index is 11.7. The summed E-state index contributed by atoms with van der Waals surface area (Å²) in [5.41, 5.74) is 2.58. The minimum Gasteiger partial charge on any atom is -0.294 e. The van der Waals surface area contributed by atoms with Crippen LogP contribution in [0.2, 0.25) is 0 Å². The van der Waals surface area contributed by atoms with Gasteiger partial charge in [-0.3, -0.25) is 9.35 Å². The van der Waals surface area contributed by atoms with Crippen molar-refractivity contribution in [3.63, 3.8) is 0 Å².